The van der Waals surface area contributed by atoms with Crippen molar-refractivity contribution in [1.82, 2.24) is 14.4 Å². The molecule has 0 radical (unpaired) electrons. The van der Waals surface area contributed by atoms with Gasteiger partial charge in [-0.15, -0.1) is 0 Å². The molecule has 25 heavy (non-hydrogen) atoms. The first-order valence-corrected chi connectivity index (χ1v) is 8.67. The summed E-state index contributed by atoms with van der Waals surface area (Å²) in [6, 6.07) is 3.59. The van der Waals surface area contributed by atoms with Crippen LogP contribution in [0.15, 0.2) is 28.4 Å². The summed E-state index contributed by atoms with van der Waals surface area (Å²) < 4.78 is 27.9. The van der Waals surface area contributed by atoms with E-state index in [2.05, 4.69) is 0 Å². The predicted octanol–water partition coefficient (Wildman–Crippen LogP) is 2.09. The Kier molecular flexibility index (Phi) is 6.44. The lowest BCUT2D eigenvalue weighted by atomic mass is 10.2. The Morgan fingerprint density at radius 2 is 1.92 bits per heavy atom. The number of rotatable bonds is 7. The molecule has 0 aliphatic heterocycles. The van der Waals surface area contributed by atoms with Gasteiger partial charge in [0.1, 0.15) is 6.54 Å². The third-order valence-corrected chi connectivity index (χ3v) is 4.68. The Balaban J connectivity index is 2.17. The van der Waals surface area contributed by atoms with Gasteiger partial charge in [-0.2, -0.15) is 0 Å². The molecule has 8 heteroatoms. The summed E-state index contributed by atoms with van der Waals surface area (Å²) in [6.45, 7) is 2.90. The smallest absolute Gasteiger partial charge is 0.307 e. The number of amides is 1. The lowest BCUT2D eigenvalue weighted by molar-refractivity contribution is -0.132. The van der Waals surface area contributed by atoms with Crippen molar-refractivity contribution in [2.24, 2.45) is 0 Å². The molecule has 1 heterocycles. The van der Waals surface area contributed by atoms with Crippen LogP contribution >= 0.6 is 11.3 Å². The van der Waals surface area contributed by atoms with Crippen molar-refractivity contribution in [1.29, 1.82) is 0 Å². The summed E-state index contributed by atoms with van der Waals surface area (Å²) in [5, 5.41) is 1.70. The van der Waals surface area contributed by atoms with Gasteiger partial charge in [0.05, 0.1) is 0 Å². The Bertz CT molecular complexity index is 801. The largest absolute Gasteiger partial charge is 0.336 e. The van der Waals surface area contributed by atoms with Crippen molar-refractivity contribution in [3.63, 3.8) is 0 Å². The topological polar surface area (TPSA) is 45.6 Å². The zero-order chi connectivity index (χ0) is 18.6. The number of aryl methyl sites for hydroxylation is 1. The van der Waals surface area contributed by atoms with E-state index in [0.29, 0.717) is 18.7 Å². The van der Waals surface area contributed by atoms with E-state index in [0.717, 1.165) is 29.2 Å². The van der Waals surface area contributed by atoms with Crippen molar-refractivity contribution in [3.8, 4) is 0 Å². The minimum Gasteiger partial charge on any atom is -0.336 e. The molecule has 1 aromatic heterocycles. The molecule has 1 amide bonds. The Hall–Kier alpha value is -2.06. The number of benzene rings is 1. The van der Waals surface area contributed by atoms with Gasteiger partial charge < -0.3 is 9.80 Å². The molecule has 2 aromatic rings. The van der Waals surface area contributed by atoms with E-state index in [-0.39, 0.29) is 23.9 Å². The summed E-state index contributed by atoms with van der Waals surface area (Å²) >= 11 is 1.05. The van der Waals surface area contributed by atoms with Crippen molar-refractivity contribution in [2.75, 3.05) is 27.2 Å². The maximum Gasteiger partial charge on any atom is 0.307 e. The number of likely N-dealkylation sites (N-methyl/N-ethyl adjacent to an activating group) is 1. The summed E-state index contributed by atoms with van der Waals surface area (Å²) in [7, 11) is 3.77. The number of thiazole rings is 1. The van der Waals surface area contributed by atoms with Gasteiger partial charge >= 0.3 is 4.87 Å². The highest BCUT2D eigenvalue weighted by Crippen LogP contribution is 2.12. The third-order valence-electron chi connectivity index (χ3n) is 3.80. The molecule has 0 saturated carbocycles. The maximum absolute atomic E-state index is 13.4. The van der Waals surface area contributed by atoms with Crippen molar-refractivity contribution in [2.45, 2.75) is 20.0 Å². The number of carbonyl (C=O) groups excluding carboxylic acids is 1. The van der Waals surface area contributed by atoms with Crippen LogP contribution in [-0.2, 0) is 17.9 Å². The van der Waals surface area contributed by atoms with Crippen LogP contribution in [0.2, 0.25) is 0 Å². The second kappa shape index (κ2) is 8.35. The highest BCUT2D eigenvalue weighted by molar-refractivity contribution is 7.07. The first-order valence-electron chi connectivity index (χ1n) is 7.79. The first-order chi connectivity index (χ1) is 11.8. The number of nitrogens with zero attached hydrogens (tertiary/aromatic N) is 3. The van der Waals surface area contributed by atoms with Crippen molar-refractivity contribution in [3.05, 3.63) is 56.1 Å². The highest BCUT2D eigenvalue weighted by atomic mass is 32.1. The van der Waals surface area contributed by atoms with E-state index in [1.807, 2.05) is 19.0 Å². The number of hydrogen-bond acceptors (Lipinski definition) is 4. The average molecular weight is 369 g/mol. The van der Waals surface area contributed by atoms with Gasteiger partial charge in [0.2, 0.25) is 5.91 Å². The van der Waals surface area contributed by atoms with Crippen LogP contribution in [0, 0.1) is 18.6 Å². The van der Waals surface area contributed by atoms with Crippen LogP contribution in [0.25, 0.3) is 0 Å². The normalized spacial score (nSPS) is 11.1. The summed E-state index contributed by atoms with van der Waals surface area (Å²) in [5.41, 5.74) is 1.23. The number of aromatic nitrogens is 1. The van der Waals surface area contributed by atoms with Gasteiger partial charge in [0, 0.05) is 30.7 Å². The molecule has 5 nitrogen and oxygen atoms in total. The van der Waals surface area contributed by atoms with Gasteiger partial charge in [0.25, 0.3) is 0 Å². The molecule has 0 unspecified atom stereocenters. The molecule has 0 saturated heterocycles. The summed E-state index contributed by atoms with van der Waals surface area (Å²) in [5.74, 6) is -2.10. The standard InChI is InChI=1S/C17H21F2N3O2S/c1-12-11-25-17(24)22(12)10-16(23)21(7-6-20(2)3)9-13-4-5-14(18)15(19)8-13/h4-5,8,11H,6-7,9-10H2,1-3H3. The highest BCUT2D eigenvalue weighted by Gasteiger charge is 2.17. The molecule has 136 valence electrons. The molecular weight excluding hydrogens is 348 g/mol. The fourth-order valence-corrected chi connectivity index (χ4v) is 3.04. The molecule has 0 N–H and O–H groups in total. The van der Waals surface area contributed by atoms with E-state index in [9.17, 15) is 18.4 Å². The third kappa shape index (κ3) is 5.20. The molecule has 1 aromatic carbocycles. The Labute approximate surface area is 149 Å². The van der Waals surface area contributed by atoms with E-state index in [1.54, 1.807) is 17.2 Å². The second-order valence-corrected chi connectivity index (χ2v) is 6.92. The van der Waals surface area contributed by atoms with Gasteiger partial charge in [0.15, 0.2) is 11.6 Å². The lowest BCUT2D eigenvalue weighted by Crippen LogP contribution is -2.39. The van der Waals surface area contributed by atoms with Crippen LogP contribution < -0.4 is 4.87 Å². The fourth-order valence-electron chi connectivity index (χ4n) is 2.30. The maximum atomic E-state index is 13.4. The molecule has 0 atom stereocenters. The van der Waals surface area contributed by atoms with Crippen LogP contribution in [0.4, 0.5) is 8.78 Å². The number of halogens is 2. The van der Waals surface area contributed by atoms with E-state index >= 15 is 0 Å². The molecule has 0 aliphatic carbocycles. The zero-order valence-corrected chi connectivity index (χ0v) is 15.3. The minimum absolute atomic E-state index is 0.0642. The predicted molar refractivity (Wildman–Crippen MR) is 93.6 cm³/mol. The number of carbonyl (C=O) groups is 1. The molecule has 0 aliphatic rings. The zero-order valence-electron chi connectivity index (χ0n) is 14.5. The van der Waals surface area contributed by atoms with E-state index < -0.39 is 11.6 Å². The lowest BCUT2D eigenvalue weighted by Gasteiger charge is -2.25. The van der Waals surface area contributed by atoms with E-state index in [1.165, 1.54) is 10.6 Å². The van der Waals surface area contributed by atoms with Crippen LogP contribution in [-0.4, -0.2) is 47.5 Å². The van der Waals surface area contributed by atoms with E-state index in [4.69, 9.17) is 0 Å². The van der Waals surface area contributed by atoms with Gasteiger partial charge in [-0.25, -0.2) is 8.78 Å². The quantitative estimate of drug-likeness (QED) is 0.751. The number of hydrogen-bond donors (Lipinski definition) is 0. The van der Waals surface area contributed by atoms with Crippen LogP contribution in [0.1, 0.15) is 11.3 Å². The van der Waals surface area contributed by atoms with Crippen molar-refractivity contribution >= 4 is 17.2 Å². The minimum atomic E-state index is -0.942. The second-order valence-electron chi connectivity index (χ2n) is 6.10. The van der Waals surface area contributed by atoms with Crippen molar-refractivity contribution < 1.29 is 13.6 Å². The van der Waals surface area contributed by atoms with Gasteiger partial charge in [-0.05, 0) is 38.7 Å². The molecule has 0 fully saturated rings. The Morgan fingerprint density at radius 3 is 2.48 bits per heavy atom. The van der Waals surface area contributed by atoms with Gasteiger partial charge in [-0.3, -0.25) is 14.2 Å². The monoisotopic (exact) mass is 369 g/mol. The van der Waals surface area contributed by atoms with Gasteiger partial charge in [-0.1, -0.05) is 17.4 Å². The SMILES string of the molecule is Cc1csc(=O)n1CC(=O)N(CCN(C)C)Cc1ccc(F)c(F)c1. The molecular formula is C17H21F2N3O2S. The van der Waals surface area contributed by atoms with Crippen LogP contribution in [0.5, 0.6) is 0 Å². The molecule has 0 spiro atoms. The Morgan fingerprint density at radius 1 is 1.20 bits per heavy atom. The van der Waals surface area contributed by atoms with Crippen LogP contribution in [0.3, 0.4) is 0 Å². The molecule has 2 rings (SSSR count). The first kappa shape index (κ1) is 19.3. The average Bonchev–Trinajstić information content (AvgIpc) is 2.86. The summed E-state index contributed by atoms with van der Waals surface area (Å²) in [4.78, 5) is 27.8. The summed E-state index contributed by atoms with van der Waals surface area (Å²) in [6.07, 6.45) is 0. The molecule has 0 bridgehead atoms. The fraction of sp³-hybridized carbons (Fsp3) is 0.412.